The summed E-state index contributed by atoms with van der Waals surface area (Å²) in [6.07, 6.45) is 3.22. The molecule has 0 spiro atoms. The smallest absolute Gasteiger partial charge is 0.348 e. The Morgan fingerprint density at radius 3 is 2.84 bits per heavy atom. The molecule has 0 radical (unpaired) electrons. The first-order valence-electron chi connectivity index (χ1n) is 10.5. The minimum absolute atomic E-state index is 0.0910. The van der Waals surface area contributed by atoms with Crippen LogP contribution >= 0.6 is 11.3 Å². The number of hydrogen-bond acceptors (Lipinski definition) is 6. The van der Waals surface area contributed by atoms with Gasteiger partial charge < -0.3 is 15.4 Å². The zero-order valence-corrected chi connectivity index (χ0v) is 18.0. The Labute approximate surface area is 184 Å². The molecule has 1 saturated heterocycles. The number of nitriles is 1. The summed E-state index contributed by atoms with van der Waals surface area (Å²) in [5.41, 5.74) is 1.00. The fourth-order valence-electron chi connectivity index (χ4n) is 4.43. The summed E-state index contributed by atoms with van der Waals surface area (Å²) in [4.78, 5) is 25.6. The van der Waals surface area contributed by atoms with Crippen LogP contribution in [0.4, 0.5) is 4.39 Å². The normalized spacial score (nSPS) is 22.7. The zero-order chi connectivity index (χ0) is 22.0. The van der Waals surface area contributed by atoms with Gasteiger partial charge in [-0.3, -0.25) is 4.79 Å². The number of esters is 1. The van der Waals surface area contributed by atoms with Crippen molar-refractivity contribution in [3.63, 3.8) is 0 Å². The van der Waals surface area contributed by atoms with Crippen LogP contribution in [-0.2, 0) is 16.0 Å². The number of amides is 1. The maximum Gasteiger partial charge on any atom is 0.348 e. The maximum absolute atomic E-state index is 14.8. The van der Waals surface area contributed by atoms with Crippen LogP contribution < -0.4 is 10.6 Å². The lowest BCUT2D eigenvalue weighted by Crippen LogP contribution is -2.50. The predicted molar refractivity (Wildman–Crippen MR) is 115 cm³/mol. The van der Waals surface area contributed by atoms with Crippen molar-refractivity contribution < 1.29 is 18.7 Å². The van der Waals surface area contributed by atoms with Gasteiger partial charge in [0, 0.05) is 17.3 Å². The number of ether oxygens (including phenoxy) is 1. The number of fused-ring (bicyclic) bond motifs is 2. The van der Waals surface area contributed by atoms with E-state index >= 15 is 0 Å². The standard InChI is InChI=1S/C23H24FN3O3S/c1-2-30-23(29)20-8-7-19(31-20)14-4-3-13(18(24)11-14)9-17(12-25)27-22(28)21-15-5-6-16(10-15)26-21/h3-4,7-8,11,15-17,21,26H,2,5-6,9-10H2,1H3,(H,27,28)/t15-,16+,17-,21-/m0/s1. The predicted octanol–water partition coefficient (Wildman–Crippen LogP) is 3.42. The molecule has 1 aliphatic heterocycles. The number of piperidine rings is 1. The summed E-state index contributed by atoms with van der Waals surface area (Å²) in [6, 6.07) is 9.61. The summed E-state index contributed by atoms with van der Waals surface area (Å²) < 4.78 is 19.7. The number of nitrogens with zero attached hydrogens (tertiary/aromatic N) is 1. The molecule has 0 unspecified atom stereocenters. The molecular weight excluding hydrogens is 417 g/mol. The molecule has 8 heteroatoms. The van der Waals surface area contributed by atoms with Crippen molar-refractivity contribution in [3.05, 3.63) is 46.6 Å². The van der Waals surface area contributed by atoms with Crippen molar-refractivity contribution in [1.82, 2.24) is 10.6 Å². The van der Waals surface area contributed by atoms with Crippen LogP contribution in [0.15, 0.2) is 30.3 Å². The van der Waals surface area contributed by atoms with Gasteiger partial charge in [0.15, 0.2) is 0 Å². The van der Waals surface area contributed by atoms with E-state index < -0.39 is 17.8 Å². The number of halogens is 1. The van der Waals surface area contributed by atoms with E-state index in [0.717, 1.165) is 24.1 Å². The van der Waals surface area contributed by atoms with Crippen molar-refractivity contribution in [2.45, 2.75) is 50.7 Å². The fourth-order valence-corrected chi connectivity index (χ4v) is 5.33. The second-order valence-electron chi connectivity index (χ2n) is 8.00. The topological polar surface area (TPSA) is 91.2 Å². The highest BCUT2D eigenvalue weighted by atomic mass is 32.1. The minimum Gasteiger partial charge on any atom is -0.462 e. The Morgan fingerprint density at radius 1 is 1.35 bits per heavy atom. The summed E-state index contributed by atoms with van der Waals surface area (Å²) in [5.74, 6) is -0.698. The highest BCUT2D eigenvalue weighted by molar-refractivity contribution is 7.17. The molecule has 2 N–H and O–H groups in total. The van der Waals surface area contributed by atoms with Crippen molar-refractivity contribution in [3.8, 4) is 16.5 Å². The van der Waals surface area contributed by atoms with Gasteiger partial charge in [-0.25, -0.2) is 9.18 Å². The molecule has 162 valence electrons. The monoisotopic (exact) mass is 441 g/mol. The Hall–Kier alpha value is -2.76. The molecule has 1 aromatic carbocycles. The number of rotatable bonds is 7. The molecule has 31 heavy (non-hydrogen) atoms. The number of carbonyl (C=O) groups is 2. The molecule has 2 fully saturated rings. The van der Waals surface area contributed by atoms with Crippen LogP contribution in [0.5, 0.6) is 0 Å². The molecule has 2 aliphatic rings. The molecule has 2 heterocycles. The van der Waals surface area contributed by atoms with E-state index in [-0.39, 0.29) is 18.4 Å². The third kappa shape index (κ3) is 4.63. The molecule has 1 aromatic heterocycles. The average molecular weight is 442 g/mol. The number of hydrogen-bond donors (Lipinski definition) is 2. The van der Waals surface area contributed by atoms with Gasteiger partial charge in [-0.05, 0) is 61.4 Å². The van der Waals surface area contributed by atoms with Crippen molar-refractivity contribution in [2.24, 2.45) is 5.92 Å². The molecule has 4 rings (SSSR count). The molecule has 4 atom stereocenters. The van der Waals surface area contributed by atoms with Crippen LogP contribution in [0.2, 0.25) is 0 Å². The van der Waals surface area contributed by atoms with Gasteiger partial charge in [-0.1, -0.05) is 12.1 Å². The lowest BCUT2D eigenvalue weighted by atomic mass is 9.98. The van der Waals surface area contributed by atoms with E-state index in [4.69, 9.17) is 4.74 Å². The van der Waals surface area contributed by atoms with Gasteiger partial charge in [0.2, 0.25) is 5.91 Å². The third-order valence-corrected chi connectivity index (χ3v) is 7.07. The average Bonchev–Trinajstić information content (AvgIpc) is 3.51. The molecule has 6 nitrogen and oxygen atoms in total. The molecular formula is C23H24FN3O3S. The van der Waals surface area contributed by atoms with Crippen LogP contribution in [0.3, 0.4) is 0 Å². The lowest BCUT2D eigenvalue weighted by molar-refractivity contribution is -0.124. The quantitative estimate of drug-likeness (QED) is 0.643. The summed E-state index contributed by atoms with van der Waals surface area (Å²) in [5, 5.41) is 15.6. The Kier molecular flexibility index (Phi) is 6.35. The molecule has 2 aromatic rings. The Balaban J connectivity index is 1.41. The van der Waals surface area contributed by atoms with E-state index in [1.165, 1.54) is 17.4 Å². The second-order valence-corrected chi connectivity index (χ2v) is 9.08. The maximum atomic E-state index is 14.8. The molecule has 2 bridgehead atoms. The van der Waals surface area contributed by atoms with Crippen LogP contribution in [0, 0.1) is 23.1 Å². The summed E-state index contributed by atoms with van der Waals surface area (Å²) in [6.45, 7) is 2.04. The Bertz CT molecular complexity index is 1030. The van der Waals surface area contributed by atoms with E-state index in [1.54, 1.807) is 31.2 Å². The van der Waals surface area contributed by atoms with Gasteiger partial charge >= 0.3 is 5.97 Å². The lowest BCUT2D eigenvalue weighted by Gasteiger charge is -2.23. The summed E-state index contributed by atoms with van der Waals surface area (Å²) >= 11 is 1.24. The van der Waals surface area contributed by atoms with Gasteiger partial charge in [0.05, 0.1) is 18.7 Å². The highest BCUT2D eigenvalue weighted by Crippen LogP contribution is 2.35. The van der Waals surface area contributed by atoms with Gasteiger partial charge in [0.1, 0.15) is 16.7 Å². The first kappa shape index (κ1) is 21.5. The van der Waals surface area contributed by atoms with Gasteiger partial charge in [-0.15, -0.1) is 11.3 Å². The minimum atomic E-state index is -0.800. The second kappa shape index (κ2) is 9.16. The first-order chi connectivity index (χ1) is 15.0. The summed E-state index contributed by atoms with van der Waals surface area (Å²) in [7, 11) is 0. The van der Waals surface area contributed by atoms with Crippen LogP contribution in [0.25, 0.3) is 10.4 Å². The van der Waals surface area contributed by atoms with Crippen molar-refractivity contribution in [1.29, 1.82) is 5.26 Å². The molecule has 1 aliphatic carbocycles. The third-order valence-electron chi connectivity index (χ3n) is 5.96. The highest BCUT2D eigenvalue weighted by Gasteiger charge is 2.43. The largest absolute Gasteiger partial charge is 0.462 e. The molecule has 1 amide bonds. The number of benzene rings is 1. The zero-order valence-electron chi connectivity index (χ0n) is 17.2. The van der Waals surface area contributed by atoms with E-state index in [1.807, 2.05) is 0 Å². The first-order valence-corrected chi connectivity index (χ1v) is 11.3. The Morgan fingerprint density at radius 2 is 2.19 bits per heavy atom. The van der Waals surface area contributed by atoms with Crippen LogP contribution in [0.1, 0.15) is 41.4 Å². The van der Waals surface area contributed by atoms with Crippen molar-refractivity contribution in [2.75, 3.05) is 6.61 Å². The number of carbonyl (C=O) groups excluding carboxylic acids is 2. The van der Waals surface area contributed by atoms with Crippen molar-refractivity contribution >= 4 is 23.2 Å². The SMILES string of the molecule is CCOC(=O)c1ccc(-c2ccc(C[C@@H](C#N)NC(=O)[C@H]3N[C@@H]4CC[C@H]3C4)c(F)c2)s1. The molecule has 1 saturated carbocycles. The fraction of sp³-hybridized carbons (Fsp3) is 0.435. The number of nitrogens with one attached hydrogen (secondary N) is 2. The van der Waals surface area contributed by atoms with Gasteiger partial charge in [0.25, 0.3) is 0 Å². The van der Waals surface area contributed by atoms with Gasteiger partial charge in [-0.2, -0.15) is 5.26 Å². The van der Waals surface area contributed by atoms with E-state index in [2.05, 4.69) is 16.7 Å². The van der Waals surface area contributed by atoms with E-state index in [0.29, 0.717) is 34.6 Å². The number of thiophene rings is 1. The van der Waals surface area contributed by atoms with E-state index in [9.17, 15) is 19.2 Å². The van der Waals surface area contributed by atoms with Crippen LogP contribution in [-0.4, -0.2) is 36.6 Å².